The van der Waals surface area contributed by atoms with Crippen LogP contribution in [0.15, 0.2) is 59.5 Å². The molecular weight excluding hydrogens is 444 g/mol. The lowest BCUT2D eigenvalue weighted by molar-refractivity contribution is 0.184. The molecular formula is C26H28N6O3. The number of carbonyl (C=O) groups is 1. The topological polar surface area (TPSA) is 118 Å². The van der Waals surface area contributed by atoms with Crippen molar-refractivity contribution in [1.29, 1.82) is 0 Å². The number of nitrogens with one attached hydrogen (secondary N) is 2. The number of carbonyl (C=O) groups excluding carboxylic acids is 1. The summed E-state index contributed by atoms with van der Waals surface area (Å²) >= 11 is 0. The van der Waals surface area contributed by atoms with Crippen molar-refractivity contribution >= 4 is 28.6 Å². The first-order valence-corrected chi connectivity index (χ1v) is 11.6. The van der Waals surface area contributed by atoms with Crippen LogP contribution in [0.2, 0.25) is 0 Å². The summed E-state index contributed by atoms with van der Waals surface area (Å²) in [4.78, 5) is 34.8. The standard InChI is InChI=1S/C26H28N6O3/c1-16-6-8-18(14-22(16)35-2)29-25(33)31-12-10-19(11-13-31)32-21-5-3-4-20(24(21)30-26(32)34)17-7-9-23(27)28-15-17/h3-9,14-15,19H,10-13H2,1-2H3,(H2,27,28)(H,29,33)(H,30,34). The summed E-state index contributed by atoms with van der Waals surface area (Å²) in [5.41, 5.74) is 10.7. The third kappa shape index (κ3) is 4.32. The van der Waals surface area contributed by atoms with E-state index in [1.165, 1.54) is 0 Å². The average molecular weight is 473 g/mol. The Hall–Kier alpha value is -4.27. The van der Waals surface area contributed by atoms with Gasteiger partial charge >= 0.3 is 11.7 Å². The fourth-order valence-corrected chi connectivity index (χ4v) is 4.74. The van der Waals surface area contributed by atoms with Crippen molar-refractivity contribution in [2.75, 3.05) is 31.2 Å². The number of aryl methyl sites for hydroxylation is 1. The van der Waals surface area contributed by atoms with Gasteiger partial charge in [0.05, 0.1) is 18.1 Å². The maximum absolute atomic E-state index is 13.0. The van der Waals surface area contributed by atoms with Gasteiger partial charge in [-0.25, -0.2) is 14.6 Å². The lowest BCUT2D eigenvalue weighted by Gasteiger charge is -2.32. The van der Waals surface area contributed by atoms with Crippen molar-refractivity contribution in [2.45, 2.75) is 25.8 Å². The lowest BCUT2D eigenvalue weighted by atomic mass is 10.0. The number of nitrogens with two attached hydrogens (primary N) is 1. The van der Waals surface area contributed by atoms with Crippen molar-refractivity contribution in [2.24, 2.45) is 0 Å². The maximum atomic E-state index is 13.0. The molecule has 1 fully saturated rings. The van der Waals surface area contributed by atoms with Crippen LogP contribution in [0.25, 0.3) is 22.2 Å². The molecule has 2 amide bonds. The number of hydrogen-bond donors (Lipinski definition) is 3. The van der Waals surface area contributed by atoms with Gasteiger partial charge < -0.3 is 25.7 Å². The Balaban J connectivity index is 1.32. The summed E-state index contributed by atoms with van der Waals surface area (Å²) in [5, 5.41) is 2.95. The molecule has 1 saturated heterocycles. The second-order valence-corrected chi connectivity index (χ2v) is 8.80. The first-order valence-electron chi connectivity index (χ1n) is 11.6. The van der Waals surface area contributed by atoms with E-state index >= 15 is 0 Å². The van der Waals surface area contributed by atoms with E-state index in [0.29, 0.717) is 37.4 Å². The molecule has 0 spiro atoms. The molecule has 0 aliphatic carbocycles. The van der Waals surface area contributed by atoms with Gasteiger partial charge in [0.15, 0.2) is 0 Å². The Bertz CT molecular complexity index is 1430. The Morgan fingerprint density at radius 2 is 1.97 bits per heavy atom. The van der Waals surface area contributed by atoms with Gasteiger partial charge in [-0.1, -0.05) is 18.2 Å². The van der Waals surface area contributed by atoms with Crippen LogP contribution in [-0.4, -0.2) is 45.7 Å². The smallest absolute Gasteiger partial charge is 0.326 e. The molecule has 0 unspecified atom stereocenters. The minimum atomic E-state index is -0.154. The van der Waals surface area contributed by atoms with Crippen LogP contribution < -0.4 is 21.5 Å². The highest BCUT2D eigenvalue weighted by atomic mass is 16.5. The molecule has 2 aromatic carbocycles. The quantitative estimate of drug-likeness (QED) is 0.412. The molecule has 2 aromatic heterocycles. The van der Waals surface area contributed by atoms with Crippen molar-refractivity contribution in [3.05, 3.63) is 70.8 Å². The van der Waals surface area contributed by atoms with Crippen LogP contribution in [0.1, 0.15) is 24.4 Å². The molecule has 1 aliphatic rings. The molecule has 0 saturated carbocycles. The Kier molecular flexibility index (Phi) is 5.90. The largest absolute Gasteiger partial charge is 0.496 e. The molecule has 1 aliphatic heterocycles. The third-order valence-electron chi connectivity index (χ3n) is 6.63. The number of anilines is 2. The average Bonchev–Trinajstić information content (AvgIpc) is 3.21. The van der Waals surface area contributed by atoms with Gasteiger partial charge in [0, 0.05) is 48.2 Å². The normalized spacial score (nSPS) is 14.3. The van der Waals surface area contributed by atoms with E-state index in [1.807, 2.05) is 54.0 Å². The SMILES string of the molecule is COc1cc(NC(=O)N2CCC(n3c(=O)[nH]c4c(-c5ccc(N)nc5)cccc43)CC2)ccc1C. The van der Waals surface area contributed by atoms with E-state index in [1.54, 1.807) is 24.3 Å². The second kappa shape index (κ2) is 9.17. The number of nitrogens with zero attached hydrogens (tertiary/aromatic N) is 3. The van der Waals surface area contributed by atoms with Crippen LogP contribution in [0.3, 0.4) is 0 Å². The Morgan fingerprint density at radius 3 is 2.69 bits per heavy atom. The van der Waals surface area contributed by atoms with Crippen molar-refractivity contribution < 1.29 is 9.53 Å². The summed E-state index contributed by atoms with van der Waals surface area (Å²) < 4.78 is 7.17. The van der Waals surface area contributed by atoms with Crippen molar-refractivity contribution in [3.63, 3.8) is 0 Å². The molecule has 0 radical (unpaired) electrons. The number of methoxy groups -OCH3 is 1. The Labute approximate surface area is 202 Å². The fourth-order valence-electron chi connectivity index (χ4n) is 4.74. The van der Waals surface area contributed by atoms with Crippen LogP contribution in [0.4, 0.5) is 16.3 Å². The van der Waals surface area contributed by atoms with Gasteiger partial charge in [-0.3, -0.25) is 4.57 Å². The number of aromatic nitrogens is 3. The number of para-hydroxylation sites is 1. The molecule has 9 nitrogen and oxygen atoms in total. The molecule has 5 rings (SSSR count). The van der Waals surface area contributed by atoms with Gasteiger partial charge in [0.2, 0.25) is 0 Å². The maximum Gasteiger partial charge on any atom is 0.326 e. The number of rotatable bonds is 4. The minimum Gasteiger partial charge on any atom is -0.496 e. The van der Waals surface area contributed by atoms with Crippen LogP contribution in [0, 0.1) is 6.92 Å². The van der Waals surface area contributed by atoms with Gasteiger partial charge in [-0.05, 0) is 49.6 Å². The molecule has 0 bridgehead atoms. The second-order valence-electron chi connectivity index (χ2n) is 8.80. The number of H-pyrrole nitrogens is 1. The molecule has 9 heteroatoms. The zero-order chi connectivity index (χ0) is 24.5. The number of fused-ring (bicyclic) bond motifs is 1. The summed E-state index contributed by atoms with van der Waals surface area (Å²) in [5.74, 6) is 1.18. The summed E-state index contributed by atoms with van der Waals surface area (Å²) in [6.07, 6.45) is 3.08. The van der Waals surface area contributed by atoms with Gasteiger partial charge in [0.1, 0.15) is 11.6 Å². The highest BCUT2D eigenvalue weighted by molar-refractivity contribution is 5.92. The lowest BCUT2D eigenvalue weighted by Crippen LogP contribution is -2.42. The van der Waals surface area contributed by atoms with E-state index in [0.717, 1.165) is 33.5 Å². The van der Waals surface area contributed by atoms with E-state index < -0.39 is 0 Å². The van der Waals surface area contributed by atoms with E-state index in [9.17, 15) is 9.59 Å². The number of hydrogen-bond acceptors (Lipinski definition) is 5. The highest BCUT2D eigenvalue weighted by Gasteiger charge is 2.26. The van der Waals surface area contributed by atoms with E-state index in [2.05, 4.69) is 15.3 Å². The first-order chi connectivity index (χ1) is 16.9. The monoisotopic (exact) mass is 472 g/mol. The van der Waals surface area contributed by atoms with Crippen molar-refractivity contribution in [3.8, 4) is 16.9 Å². The number of likely N-dealkylation sites (tertiary alicyclic amines) is 1. The number of ether oxygens (including phenoxy) is 1. The van der Waals surface area contributed by atoms with Crippen LogP contribution in [-0.2, 0) is 0 Å². The van der Waals surface area contributed by atoms with Gasteiger partial charge in [0.25, 0.3) is 0 Å². The molecule has 180 valence electrons. The Morgan fingerprint density at radius 1 is 1.17 bits per heavy atom. The minimum absolute atomic E-state index is 0.000406. The third-order valence-corrected chi connectivity index (χ3v) is 6.63. The molecule has 4 N–H and O–H groups in total. The molecule has 35 heavy (non-hydrogen) atoms. The van der Waals surface area contributed by atoms with Crippen molar-refractivity contribution in [1.82, 2.24) is 19.4 Å². The number of piperidine rings is 1. The van der Waals surface area contributed by atoms with E-state index in [4.69, 9.17) is 10.5 Å². The number of amides is 2. The number of aromatic amines is 1. The zero-order valence-corrected chi connectivity index (χ0v) is 19.7. The van der Waals surface area contributed by atoms with E-state index in [-0.39, 0.29) is 17.8 Å². The number of urea groups is 1. The number of benzene rings is 2. The predicted molar refractivity (Wildman–Crippen MR) is 137 cm³/mol. The number of imidazole rings is 1. The number of nitrogen functional groups attached to an aromatic ring is 1. The summed E-state index contributed by atoms with van der Waals surface area (Å²) in [6.45, 7) is 3.07. The fraction of sp³-hybridized carbons (Fsp3) is 0.269. The predicted octanol–water partition coefficient (Wildman–Crippen LogP) is 4.16. The van der Waals surface area contributed by atoms with Crippen LogP contribution in [0.5, 0.6) is 5.75 Å². The first kappa shape index (κ1) is 22.5. The highest BCUT2D eigenvalue weighted by Crippen LogP contribution is 2.31. The zero-order valence-electron chi connectivity index (χ0n) is 19.7. The molecule has 4 aromatic rings. The van der Waals surface area contributed by atoms with Crippen LogP contribution >= 0.6 is 0 Å². The molecule has 0 atom stereocenters. The van der Waals surface area contributed by atoms with Gasteiger partial charge in [-0.15, -0.1) is 0 Å². The summed E-state index contributed by atoms with van der Waals surface area (Å²) in [7, 11) is 1.61. The van der Waals surface area contributed by atoms with Gasteiger partial charge in [-0.2, -0.15) is 0 Å². The summed E-state index contributed by atoms with van der Waals surface area (Å²) in [6, 6.07) is 14.9. The number of pyridine rings is 1. The molecule has 3 heterocycles.